The van der Waals surface area contributed by atoms with Gasteiger partial charge in [-0.1, -0.05) is 70.7 Å². The third kappa shape index (κ3) is 10.1. The molecule has 0 saturated carbocycles. The van der Waals surface area contributed by atoms with E-state index in [2.05, 4.69) is 30.6 Å². The standard InChI is InChI=1S/C23H18Cl2N4O3.C22H16Cl2N4O3/c1-2-32-16-8-9-18-17(12-16)19(20(30)22(31)28-23-26-10-3-11-27-23)21(25)29(18)13-14-4-6-15(24)7-5-14;1-31-15-7-8-17-16(11-15)18(19(29)21(30)27-22-25-9-2-10-26-22)20(24)28(17)12-13-3-5-14(23)6-4-13/h3-12H,2,13H2,1H3,(H,26,27,28,31);2-11H,12H2,1H3,(H,25,26,27,30). The zero-order chi connectivity index (χ0) is 44.6. The molecular weight excluding hydrogens is 890 g/mol. The Balaban J connectivity index is 0.000000189. The van der Waals surface area contributed by atoms with E-state index in [4.69, 9.17) is 55.9 Å². The van der Waals surface area contributed by atoms with Crippen molar-refractivity contribution in [3.63, 3.8) is 0 Å². The minimum atomic E-state index is -0.888. The number of halogens is 4. The van der Waals surface area contributed by atoms with Crippen LogP contribution in [0.15, 0.2) is 122 Å². The summed E-state index contributed by atoms with van der Waals surface area (Å²) in [6, 6.07) is 28.4. The number of carbonyl (C=O) groups excluding carboxylic acids is 4. The second-order valence-corrected chi connectivity index (χ2v) is 15.1. The van der Waals surface area contributed by atoms with Crippen molar-refractivity contribution in [1.29, 1.82) is 0 Å². The molecule has 4 aromatic heterocycles. The normalized spacial score (nSPS) is 10.8. The van der Waals surface area contributed by atoms with Crippen LogP contribution >= 0.6 is 46.4 Å². The molecule has 0 fully saturated rings. The molecule has 0 bridgehead atoms. The van der Waals surface area contributed by atoms with Crippen molar-refractivity contribution in [3.05, 3.63) is 164 Å². The number of carbonyl (C=O) groups is 4. The first-order chi connectivity index (χ1) is 30.4. The van der Waals surface area contributed by atoms with E-state index >= 15 is 0 Å². The number of Topliss-reactive ketones (excluding diaryl/α,β-unsaturated/α-hetero) is 2. The summed E-state index contributed by atoms with van der Waals surface area (Å²) in [6.45, 7) is 3.09. The van der Waals surface area contributed by atoms with Crippen LogP contribution in [0.2, 0.25) is 20.4 Å². The molecule has 63 heavy (non-hydrogen) atoms. The number of nitrogens with one attached hydrogen (secondary N) is 2. The highest BCUT2D eigenvalue weighted by Crippen LogP contribution is 2.36. The number of amides is 2. The van der Waals surface area contributed by atoms with Crippen molar-refractivity contribution >= 4 is 103 Å². The Bertz CT molecular complexity index is 2960. The number of ether oxygens (including phenoxy) is 2. The van der Waals surface area contributed by atoms with Crippen LogP contribution < -0.4 is 20.1 Å². The number of methoxy groups -OCH3 is 1. The molecule has 4 aromatic carbocycles. The molecule has 14 nitrogen and oxygen atoms in total. The fraction of sp³-hybridized carbons (Fsp3) is 0.111. The lowest BCUT2D eigenvalue weighted by atomic mass is 10.1. The van der Waals surface area contributed by atoms with Gasteiger partial charge >= 0.3 is 0 Å². The topological polar surface area (TPSA) is 172 Å². The minimum Gasteiger partial charge on any atom is -0.497 e. The minimum absolute atomic E-state index is 0.0273. The zero-order valence-electron chi connectivity index (χ0n) is 33.3. The summed E-state index contributed by atoms with van der Waals surface area (Å²) in [5.41, 5.74) is 3.42. The third-order valence-electron chi connectivity index (χ3n) is 9.45. The van der Waals surface area contributed by atoms with Gasteiger partial charge in [0.2, 0.25) is 11.9 Å². The Hall–Kier alpha value is -6.84. The fourth-order valence-corrected chi connectivity index (χ4v) is 7.47. The number of anilines is 2. The number of rotatable bonds is 13. The number of hydrogen-bond acceptors (Lipinski definition) is 10. The van der Waals surface area contributed by atoms with Crippen LogP contribution in [-0.2, 0) is 22.7 Å². The van der Waals surface area contributed by atoms with Gasteiger partial charge in [0.1, 0.15) is 21.8 Å². The number of nitrogens with zero attached hydrogens (tertiary/aromatic N) is 6. The van der Waals surface area contributed by atoms with E-state index in [0.717, 1.165) is 11.1 Å². The van der Waals surface area contributed by atoms with Gasteiger partial charge in [-0.15, -0.1) is 0 Å². The van der Waals surface area contributed by atoms with Crippen molar-refractivity contribution < 1.29 is 28.7 Å². The summed E-state index contributed by atoms with van der Waals surface area (Å²) in [5.74, 6) is -2.20. The van der Waals surface area contributed by atoms with E-state index in [1.807, 2.05) is 37.3 Å². The molecule has 8 aromatic rings. The summed E-state index contributed by atoms with van der Waals surface area (Å²) in [4.78, 5) is 67.2. The van der Waals surface area contributed by atoms with Gasteiger partial charge < -0.3 is 18.6 Å². The zero-order valence-corrected chi connectivity index (χ0v) is 36.3. The Labute approximate surface area is 379 Å². The quantitative estimate of drug-likeness (QED) is 0.0838. The first-order valence-corrected chi connectivity index (χ1v) is 20.5. The molecule has 18 heteroatoms. The summed E-state index contributed by atoms with van der Waals surface area (Å²) < 4.78 is 14.4. The third-order valence-corrected chi connectivity index (χ3v) is 10.7. The lowest BCUT2D eigenvalue weighted by Gasteiger charge is -2.08. The molecule has 0 spiro atoms. The molecule has 8 rings (SSSR count). The second kappa shape index (κ2) is 19.9. The summed E-state index contributed by atoms with van der Waals surface area (Å²) in [7, 11) is 1.52. The van der Waals surface area contributed by atoms with E-state index in [9.17, 15) is 19.2 Å². The molecule has 318 valence electrons. The maximum Gasteiger partial charge on any atom is 0.299 e. The lowest BCUT2D eigenvalue weighted by molar-refractivity contribution is -0.113. The predicted molar refractivity (Wildman–Crippen MR) is 243 cm³/mol. The van der Waals surface area contributed by atoms with E-state index in [0.29, 0.717) is 63.0 Å². The number of benzene rings is 4. The van der Waals surface area contributed by atoms with Gasteiger partial charge in [-0.25, -0.2) is 19.9 Å². The van der Waals surface area contributed by atoms with Crippen LogP contribution in [0.4, 0.5) is 11.9 Å². The van der Waals surface area contributed by atoms with E-state index in [1.165, 1.54) is 31.9 Å². The smallest absolute Gasteiger partial charge is 0.299 e. The Kier molecular flexibility index (Phi) is 14.0. The molecular formula is C45H34Cl4N8O6. The highest BCUT2D eigenvalue weighted by Gasteiger charge is 2.29. The maximum atomic E-state index is 13.1. The van der Waals surface area contributed by atoms with Crippen molar-refractivity contribution in [2.75, 3.05) is 24.4 Å². The first-order valence-electron chi connectivity index (χ1n) is 19.0. The van der Waals surface area contributed by atoms with Crippen LogP contribution in [0.1, 0.15) is 38.8 Å². The lowest BCUT2D eigenvalue weighted by Crippen LogP contribution is -2.24. The Morgan fingerprint density at radius 2 is 0.968 bits per heavy atom. The largest absolute Gasteiger partial charge is 0.497 e. The van der Waals surface area contributed by atoms with E-state index in [-0.39, 0.29) is 33.3 Å². The van der Waals surface area contributed by atoms with Gasteiger partial charge in [0.15, 0.2) is 0 Å². The summed E-state index contributed by atoms with van der Waals surface area (Å²) >= 11 is 25.3. The number of ketones is 2. The van der Waals surface area contributed by atoms with Gasteiger partial charge in [0, 0.05) is 58.7 Å². The van der Waals surface area contributed by atoms with Crippen LogP contribution in [0.3, 0.4) is 0 Å². The van der Waals surface area contributed by atoms with E-state index < -0.39 is 23.4 Å². The molecule has 2 N–H and O–H groups in total. The van der Waals surface area contributed by atoms with Gasteiger partial charge in [-0.3, -0.25) is 29.8 Å². The van der Waals surface area contributed by atoms with Crippen LogP contribution in [0.25, 0.3) is 21.8 Å². The number of fused-ring (bicyclic) bond motifs is 2. The van der Waals surface area contributed by atoms with Gasteiger partial charge in [0.05, 0.1) is 35.9 Å². The van der Waals surface area contributed by atoms with Crippen molar-refractivity contribution in [3.8, 4) is 11.5 Å². The fourth-order valence-electron chi connectivity index (χ4n) is 6.55. The average Bonchev–Trinajstić information content (AvgIpc) is 3.72. The summed E-state index contributed by atoms with van der Waals surface area (Å²) in [6.07, 6.45) is 5.85. The number of hydrogen-bond donors (Lipinski definition) is 2. The maximum absolute atomic E-state index is 13.1. The van der Waals surface area contributed by atoms with Gasteiger partial charge in [-0.2, -0.15) is 0 Å². The van der Waals surface area contributed by atoms with Gasteiger partial charge in [0.25, 0.3) is 23.4 Å². The average molecular weight is 925 g/mol. The van der Waals surface area contributed by atoms with Crippen LogP contribution in [0.5, 0.6) is 11.5 Å². The molecule has 0 saturated heterocycles. The highest BCUT2D eigenvalue weighted by molar-refractivity contribution is 6.52. The molecule has 0 aliphatic rings. The summed E-state index contributed by atoms with van der Waals surface area (Å²) in [5, 5.41) is 7.37. The first kappa shape index (κ1) is 44.2. The molecule has 0 unspecified atom stereocenters. The molecule has 0 aliphatic carbocycles. The molecule has 4 heterocycles. The molecule has 0 atom stereocenters. The van der Waals surface area contributed by atoms with Crippen molar-refractivity contribution in [1.82, 2.24) is 29.1 Å². The van der Waals surface area contributed by atoms with Crippen molar-refractivity contribution in [2.24, 2.45) is 0 Å². The van der Waals surface area contributed by atoms with Crippen LogP contribution in [-0.4, -0.2) is 66.2 Å². The second-order valence-electron chi connectivity index (χ2n) is 13.5. The van der Waals surface area contributed by atoms with Crippen molar-refractivity contribution in [2.45, 2.75) is 20.0 Å². The van der Waals surface area contributed by atoms with Gasteiger partial charge in [-0.05, 0) is 90.8 Å². The van der Waals surface area contributed by atoms with E-state index in [1.54, 1.807) is 75.9 Å². The SMILES string of the molecule is CCOc1ccc2c(c1)c(C(=O)C(=O)Nc1ncccn1)c(Cl)n2Cc1ccc(Cl)cc1.COc1ccc2c(c1)c(C(=O)C(=O)Nc1ncccn1)c(Cl)n2Cc1ccc(Cl)cc1. The Morgan fingerprint density at radius 3 is 1.37 bits per heavy atom. The molecule has 0 radical (unpaired) electrons. The molecule has 2 amide bonds. The Morgan fingerprint density at radius 1 is 0.571 bits per heavy atom. The van der Waals surface area contributed by atoms with Crippen LogP contribution in [0, 0.1) is 0 Å². The monoisotopic (exact) mass is 922 g/mol. The predicted octanol–water partition coefficient (Wildman–Crippen LogP) is 9.62. The number of aromatic nitrogens is 6. The molecule has 0 aliphatic heterocycles. The highest BCUT2D eigenvalue weighted by atomic mass is 35.5.